The number of hydrogen-bond donors (Lipinski definition) is 2. The fourth-order valence-corrected chi connectivity index (χ4v) is 4.08. The highest BCUT2D eigenvalue weighted by Crippen LogP contribution is 2.50. The van der Waals surface area contributed by atoms with Crippen LogP contribution in [0.4, 0.5) is 10.2 Å². The molecule has 1 amide bonds. The monoisotopic (exact) mass is 480 g/mol. The zero-order valence-electron chi connectivity index (χ0n) is 19.8. The molecule has 0 aromatic carbocycles. The number of aliphatic hydroxyl groups is 1. The summed E-state index contributed by atoms with van der Waals surface area (Å²) in [6, 6.07) is 4.95. The van der Waals surface area contributed by atoms with Gasteiger partial charge in [-0.05, 0) is 31.0 Å². The molecule has 0 saturated heterocycles. The lowest BCUT2D eigenvalue weighted by molar-refractivity contribution is -0.117. The van der Waals surface area contributed by atoms with Gasteiger partial charge < -0.3 is 10.4 Å². The quantitative estimate of drug-likeness (QED) is 0.386. The Hall–Kier alpha value is -3.07. The van der Waals surface area contributed by atoms with Gasteiger partial charge in [0.2, 0.25) is 5.91 Å². The third-order valence-corrected chi connectivity index (χ3v) is 6.67. The molecule has 4 aromatic heterocycles. The summed E-state index contributed by atoms with van der Waals surface area (Å²) < 4.78 is 14.8. The van der Waals surface area contributed by atoms with Gasteiger partial charge in [-0.25, -0.2) is 18.9 Å². The number of aromatic nitrogens is 5. The third kappa shape index (κ3) is 4.17. The van der Waals surface area contributed by atoms with E-state index in [1.807, 2.05) is 6.07 Å². The van der Waals surface area contributed by atoms with Gasteiger partial charge in [0.25, 0.3) is 0 Å². The number of nitrogens with zero attached hydrogens (tertiary/aromatic N) is 5. The molecule has 0 spiro atoms. The number of carbonyl (C=O) groups is 1. The molecular weight excluding hydrogens is 464 g/mol. The molecule has 12 radical (unpaired) electrons. The average molecular weight is 479 g/mol. The molecule has 2 N–H and O–H groups in total. The number of anilines is 1. The zero-order valence-corrected chi connectivity index (χ0v) is 19.8. The van der Waals surface area contributed by atoms with Crippen LogP contribution in [-0.2, 0) is 10.3 Å². The van der Waals surface area contributed by atoms with Crippen molar-refractivity contribution in [2.75, 3.05) is 5.32 Å². The van der Waals surface area contributed by atoms with Gasteiger partial charge in [-0.3, -0.25) is 9.78 Å². The van der Waals surface area contributed by atoms with E-state index in [2.05, 4.69) is 25.4 Å². The molecule has 0 bridgehead atoms. The van der Waals surface area contributed by atoms with E-state index >= 15 is 0 Å². The Morgan fingerprint density at radius 3 is 2.41 bits per heavy atom. The van der Waals surface area contributed by atoms with Crippen molar-refractivity contribution >= 4 is 75.4 Å². The first-order valence-electron chi connectivity index (χ1n) is 11.2. The van der Waals surface area contributed by atoms with Crippen molar-refractivity contribution in [1.82, 2.24) is 24.6 Å². The van der Waals surface area contributed by atoms with Gasteiger partial charge in [-0.1, -0.05) is 5.21 Å². The van der Waals surface area contributed by atoms with Crippen LogP contribution in [0.25, 0.3) is 27.7 Å². The minimum absolute atomic E-state index is 0.101. The maximum Gasteiger partial charge on any atom is 0.231 e. The lowest BCUT2D eigenvalue weighted by Crippen LogP contribution is -2.50. The van der Waals surface area contributed by atoms with Crippen molar-refractivity contribution in [2.24, 2.45) is 5.92 Å². The molecule has 4 aromatic rings. The number of nitrogens with one attached hydrogen (secondary N) is 1. The molecular formula is C22H15B6FN6O2. The summed E-state index contributed by atoms with van der Waals surface area (Å²) >= 11 is 0. The van der Waals surface area contributed by atoms with Crippen LogP contribution in [0.3, 0.4) is 0 Å². The van der Waals surface area contributed by atoms with Crippen molar-refractivity contribution in [3.63, 3.8) is 0 Å². The van der Waals surface area contributed by atoms with Crippen LogP contribution < -0.4 is 5.32 Å². The second-order valence-corrected chi connectivity index (χ2v) is 9.48. The molecule has 8 nitrogen and oxygen atoms in total. The summed E-state index contributed by atoms with van der Waals surface area (Å²) in [6.07, 6.45) is 3.51. The minimum atomic E-state index is -2.48. The molecule has 15 heteroatoms. The van der Waals surface area contributed by atoms with Crippen molar-refractivity contribution in [2.45, 2.75) is 35.3 Å². The van der Waals surface area contributed by atoms with Crippen LogP contribution in [0.1, 0.15) is 17.7 Å². The molecule has 3 atom stereocenters. The number of amides is 1. The van der Waals surface area contributed by atoms with Crippen LogP contribution in [0.5, 0.6) is 0 Å². The van der Waals surface area contributed by atoms with Crippen LogP contribution in [0, 0.1) is 12.8 Å². The van der Waals surface area contributed by atoms with Gasteiger partial charge in [-0.2, -0.15) is 5.10 Å². The van der Waals surface area contributed by atoms with Gasteiger partial charge in [0.15, 0.2) is 5.65 Å². The smallest absolute Gasteiger partial charge is 0.231 e. The number of aryl methyl sites for hydroxylation is 1. The summed E-state index contributed by atoms with van der Waals surface area (Å²) in [6.45, 7) is 1.76. The lowest BCUT2D eigenvalue weighted by Gasteiger charge is -2.52. The lowest BCUT2D eigenvalue weighted by atomic mass is 9.18. The number of halogens is 1. The van der Waals surface area contributed by atoms with Crippen molar-refractivity contribution in [3.05, 3.63) is 48.2 Å². The fraction of sp³-hybridized carbons (Fsp3) is 0.318. The first kappa shape index (κ1) is 25.6. The SMILES string of the molecule is [B]C([B])([B])C([B])([B])C([B])(O)c1cc(C)c(-c2cc3cnc(NC(=O)C4CC4F)cc3n3ncnc23)cn1. The van der Waals surface area contributed by atoms with E-state index in [-0.39, 0.29) is 17.9 Å². The largest absolute Gasteiger partial charge is 0.395 e. The highest BCUT2D eigenvalue weighted by molar-refractivity contribution is 6.68. The van der Waals surface area contributed by atoms with Gasteiger partial charge in [0.1, 0.15) is 26.2 Å². The van der Waals surface area contributed by atoms with E-state index < -0.39 is 33.8 Å². The maximum atomic E-state index is 13.2. The average Bonchev–Trinajstić information content (AvgIpc) is 3.35. The fourth-order valence-electron chi connectivity index (χ4n) is 4.08. The van der Waals surface area contributed by atoms with Crippen LogP contribution in [-0.4, -0.2) is 88.8 Å². The molecule has 1 saturated carbocycles. The standard InChI is InChI=1S/C22H15B6FN6O2/c1-9-2-16(20(23,37)21(24,25)22(26,27)28)30-7-13(9)11-3-10-6-31-17(34-19(36)12-4-14(12)29)5-15(10)35-18(11)32-8-33-35/h2-3,5-8,12,14,37H,4H2,1H3,(H,31,34,36). The Bertz CT molecular complexity index is 1560. The van der Waals surface area contributed by atoms with E-state index in [1.165, 1.54) is 18.6 Å². The second-order valence-electron chi connectivity index (χ2n) is 9.48. The minimum Gasteiger partial charge on any atom is -0.395 e. The molecule has 37 heavy (non-hydrogen) atoms. The predicted molar refractivity (Wildman–Crippen MR) is 142 cm³/mol. The number of rotatable bonds is 6. The summed E-state index contributed by atoms with van der Waals surface area (Å²) in [4.78, 5) is 25.0. The molecule has 1 aliphatic rings. The number of alkyl halides is 1. The molecule has 4 heterocycles. The molecule has 0 aliphatic heterocycles. The first-order valence-corrected chi connectivity index (χ1v) is 11.2. The molecule has 5 rings (SSSR count). The number of carbonyl (C=O) groups excluding carboxylic acids is 1. The normalized spacial score (nSPS) is 19.5. The Morgan fingerprint density at radius 1 is 1.08 bits per heavy atom. The van der Waals surface area contributed by atoms with E-state index in [0.29, 0.717) is 33.2 Å². The van der Waals surface area contributed by atoms with E-state index in [0.717, 1.165) is 0 Å². The van der Waals surface area contributed by atoms with E-state index in [4.69, 9.17) is 47.1 Å². The maximum absolute atomic E-state index is 13.2. The van der Waals surface area contributed by atoms with Crippen molar-refractivity contribution in [3.8, 4) is 11.1 Å². The number of hydrogen-bond acceptors (Lipinski definition) is 6. The summed E-state index contributed by atoms with van der Waals surface area (Å²) in [5.74, 6) is -0.786. The highest BCUT2D eigenvalue weighted by Gasteiger charge is 2.46. The Kier molecular flexibility index (Phi) is 5.86. The van der Waals surface area contributed by atoms with Gasteiger partial charge >= 0.3 is 0 Å². The van der Waals surface area contributed by atoms with E-state index in [9.17, 15) is 14.3 Å². The highest BCUT2D eigenvalue weighted by atomic mass is 19.1. The Labute approximate surface area is 220 Å². The van der Waals surface area contributed by atoms with Crippen molar-refractivity contribution < 1.29 is 14.3 Å². The summed E-state index contributed by atoms with van der Waals surface area (Å²) in [7, 11) is 34.7. The van der Waals surface area contributed by atoms with Gasteiger partial charge in [0, 0.05) is 58.5 Å². The third-order valence-electron chi connectivity index (χ3n) is 6.67. The number of fused-ring (bicyclic) bond motifs is 3. The molecule has 1 fully saturated rings. The molecule has 170 valence electrons. The Morgan fingerprint density at radius 2 is 1.78 bits per heavy atom. The van der Waals surface area contributed by atoms with Crippen LogP contribution >= 0.6 is 0 Å². The van der Waals surface area contributed by atoms with Gasteiger partial charge in [-0.15, -0.1) is 5.11 Å². The second kappa shape index (κ2) is 8.48. The number of pyridine rings is 3. The van der Waals surface area contributed by atoms with E-state index in [1.54, 1.807) is 23.7 Å². The summed E-state index contributed by atoms with van der Waals surface area (Å²) in [5.41, 5.74) is 0.447. The Balaban J connectivity index is 1.56. The topological polar surface area (TPSA) is 105 Å². The molecule has 1 aliphatic carbocycles. The van der Waals surface area contributed by atoms with Crippen LogP contribution in [0.2, 0.25) is 10.3 Å². The van der Waals surface area contributed by atoms with Crippen molar-refractivity contribution in [1.29, 1.82) is 0 Å². The summed E-state index contributed by atoms with van der Waals surface area (Å²) in [5, 5.41) is 14.0. The predicted octanol–water partition coefficient (Wildman–Crippen LogP) is 0.290. The first-order chi connectivity index (χ1) is 17.2. The zero-order chi connectivity index (χ0) is 26.9. The van der Waals surface area contributed by atoms with Crippen LogP contribution in [0.15, 0.2) is 36.9 Å². The van der Waals surface area contributed by atoms with Gasteiger partial charge in [0.05, 0.1) is 38.3 Å². The molecule has 3 unspecified atom stereocenters.